The van der Waals surface area contributed by atoms with Crippen LogP contribution in [0.25, 0.3) is 0 Å². The van der Waals surface area contributed by atoms with Crippen LogP contribution in [-0.4, -0.2) is 63.7 Å². The van der Waals surface area contributed by atoms with Gasteiger partial charge >= 0.3 is 5.97 Å². The van der Waals surface area contributed by atoms with Gasteiger partial charge in [-0.25, -0.2) is 0 Å². The molecule has 4 atom stereocenters. The molecule has 0 aromatic heterocycles. The molecule has 0 saturated carbocycles. The highest BCUT2D eigenvalue weighted by atomic mass is 16.8. The van der Waals surface area contributed by atoms with E-state index in [0.717, 1.165) is 12.8 Å². The summed E-state index contributed by atoms with van der Waals surface area (Å²) in [4.78, 5) is 12.1. The summed E-state index contributed by atoms with van der Waals surface area (Å²) in [5, 5.41) is 38.5. The maximum atomic E-state index is 12.1. The van der Waals surface area contributed by atoms with Gasteiger partial charge in [-0.1, -0.05) is 96.8 Å². The predicted molar refractivity (Wildman–Crippen MR) is 119 cm³/mol. The highest BCUT2D eigenvalue weighted by molar-refractivity contribution is 5.69. The van der Waals surface area contributed by atoms with Gasteiger partial charge < -0.3 is 29.9 Å². The summed E-state index contributed by atoms with van der Waals surface area (Å²) in [6.07, 6.45) is 14.6. The van der Waals surface area contributed by atoms with Gasteiger partial charge in [0.2, 0.25) is 0 Å². The predicted octanol–water partition coefficient (Wildman–Crippen LogP) is 3.59. The van der Waals surface area contributed by atoms with Crippen molar-refractivity contribution in [2.75, 3.05) is 13.2 Å². The Hall–Kier alpha value is -0.730. The van der Waals surface area contributed by atoms with Crippen molar-refractivity contribution in [3.63, 3.8) is 0 Å². The number of carbonyl (C=O) groups excluding carboxylic acids is 1. The molecule has 1 rings (SSSR count). The number of carbonyl (C=O) groups is 1. The SMILES string of the molecule is CCCCCCCCCCCCCCCCCC(=O)O[C@@]1(CO)O[C@H](CO)[C@@H](O)[C@@H]1O. The van der Waals surface area contributed by atoms with E-state index >= 15 is 0 Å². The van der Waals surface area contributed by atoms with Gasteiger partial charge in [0.15, 0.2) is 6.10 Å². The van der Waals surface area contributed by atoms with Crippen molar-refractivity contribution in [3.05, 3.63) is 0 Å². The second-order valence-corrected chi connectivity index (χ2v) is 8.92. The van der Waals surface area contributed by atoms with Crippen molar-refractivity contribution < 1.29 is 34.7 Å². The standard InChI is InChI=1S/C24H46O7/c1-2-3-4-5-6-7-8-9-10-11-12-13-14-15-16-17-21(27)31-24(19-26)23(29)22(28)20(18-25)30-24/h20,22-23,25-26,28-29H,2-19H2,1H3/t20-,22-,23+,24-/m1/s1. The molecule has 1 saturated heterocycles. The number of esters is 1. The van der Waals surface area contributed by atoms with Crippen LogP contribution in [-0.2, 0) is 14.3 Å². The molecule has 0 aromatic carbocycles. The van der Waals surface area contributed by atoms with Gasteiger partial charge in [0, 0.05) is 6.42 Å². The van der Waals surface area contributed by atoms with Crippen molar-refractivity contribution in [2.24, 2.45) is 0 Å². The Balaban J connectivity index is 1.99. The van der Waals surface area contributed by atoms with E-state index in [9.17, 15) is 20.1 Å². The van der Waals surface area contributed by atoms with E-state index in [1.54, 1.807) is 0 Å². The zero-order chi connectivity index (χ0) is 23.0. The van der Waals surface area contributed by atoms with E-state index < -0.39 is 43.3 Å². The van der Waals surface area contributed by atoms with Crippen LogP contribution in [0.5, 0.6) is 0 Å². The van der Waals surface area contributed by atoms with Crippen molar-refractivity contribution in [1.29, 1.82) is 0 Å². The van der Waals surface area contributed by atoms with Crippen LogP contribution in [0, 0.1) is 0 Å². The molecule has 7 nitrogen and oxygen atoms in total. The van der Waals surface area contributed by atoms with Gasteiger partial charge in [-0.15, -0.1) is 0 Å². The van der Waals surface area contributed by atoms with E-state index in [0.29, 0.717) is 6.42 Å². The average Bonchev–Trinajstić information content (AvgIpc) is 3.01. The van der Waals surface area contributed by atoms with E-state index in [1.165, 1.54) is 77.0 Å². The number of rotatable bonds is 19. The number of aliphatic hydroxyl groups excluding tert-OH is 4. The van der Waals surface area contributed by atoms with Gasteiger partial charge in [-0.2, -0.15) is 0 Å². The van der Waals surface area contributed by atoms with Crippen LogP contribution in [0.3, 0.4) is 0 Å². The maximum Gasteiger partial charge on any atom is 0.308 e. The Kier molecular flexibility index (Phi) is 15.4. The van der Waals surface area contributed by atoms with E-state index in [2.05, 4.69) is 6.92 Å². The topological polar surface area (TPSA) is 116 Å². The zero-order valence-corrected chi connectivity index (χ0v) is 19.5. The third-order valence-corrected chi connectivity index (χ3v) is 6.18. The Morgan fingerprint density at radius 1 is 0.806 bits per heavy atom. The monoisotopic (exact) mass is 446 g/mol. The summed E-state index contributed by atoms with van der Waals surface area (Å²) in [6.45, 7) is 0.920. The minimum Gasteiger partial charge on any atom is -0.427 e. The van der Waals surface area contributed by atoms with Crippen LogP contribution in [0.4, 0.5) is 0 Å². The molecule has 4 N–H and O–H groups in total. The zero-order valence-electron chi connectivity index (χ0n) is 19.5. The van der Waals surface area contributed by atoms with Crippen LogP contribution in [0.2, 0.25) is 0 Å². The fourth-order valence-corrected chi connectivity index (χ4v) is 4.14. The number of hydrogen-bond acceptors (Lipinski definition) is 7. The number of unbranched alkanes of at least 4 members (excludes halogenated alkanes) is 14. The van der Waals surface area contributed by atoms with E-state index in [1.807, 2.05) is 0 Å². The highest BCUT2D eigenvalue weighted by Gasteiger charge is 2.56. The molecule has 1 aliphatic rings. The van der Waals surface area contributed by atoms with Crippen LogP contribution in [0.15, 0.2) is 0 Å². The summed E-state index contributed by atoms with van der Waals surface area (Å²) in [5.41, 5.74) is 0. The fraction of sp³-hybridized carbons (Fsp3) is 0.958. The Labute approximate surface area is 188 Å². The van der Waals surface area contributed by atoms with Gasteiger partial charge in [-0.3, -0.25) is 4.79 Å². The number of aliphatic hydroxyl groups is 4. The van der Waals surface area contributed by atoms with Gasteiger partial charge in [0.25, 0.3) is 5.79 Å². The molecule has 0 unspecified atom stereocenters. The first kappa shape index (κ1) is 28.3. The lowest BCUT2D eigenvalue weighted by atomic mass is 10.0. The third-order valence-electron chi connectivity index (χ3n) is 6.18. The Bertz CT molecular complexity index is 459. The molecule has 1 fully saturated rings. The van der Waals surface area contributed by atoms with E-state index in [-0.39, 0.29) is 6.42 Å². The van der Waals surface area contributed by atoms with Crippen molar-refractivity contribution in [1.82, 2.24) is 0 Å². The van der Waals surface area contributed by atoms with E-state index in [4.69, 9.17) is 14.6 Å². The van der Waals surface area contributed by atoms with Gasteiger partial charge in [-0.05, 0) is 6.42 Å². The minimum atomic E-state index is -2.00. The molecule has 0 aromatic rings. The molecule has 0 bridgehead atoms. The second-order valence-electron chi connectivity index (χ2n) is 8.92. The lowest BCUT2D eigenvalue weighted by Gasteiger charge is -2.29. The first-order valence-electron chi connectivity index (χ1n) is 12.5. The molecule has 7 heteroatoms. The molecule has 1 aliphatic heterocycles. The Morgan fingerprint density at radius 3 is 1.65 bits per heavy atom. The first-order valence-corrected chi connectivity index (χ1v) is 12.5. The van der Waals surface area contributed by atoms with Gasteiger partial charge in [0.05, 0.1) is 6.61 Å². The summed E-state index contributed by atoms with van der Waals surface area (Å²) >= 11 is 0. The highest BCUT2D eigenvalue weighted by Crippen LogP contribution is 2.32. The number of ether oxygens (including phenoxy) is 2. The first-order chi connectivity index (χ1) is 15.0. The minimum absolute atomic E-state index is 0.163. The van der Waals surface area contributed by atoms with Crippen molar-refractivity contribution >= 4 is 5.97 Å². The summed E-state index contributed by atoms with van der Waals surface area (Å²) < 4.78 is 10.4. The van der Waals surface area contributed by atoms with Crippen LogP contribution >= 0.6 is 0 Å². The molecule has 0 amide bonds. The molecule has 0 radical (unpaired) electrons. The van der Waals surface area contributed by atoms with Crippen LogP contribution < -0.4 is 0 Å². The Morgan fingerprint density at radius 2 is 1.26 bits per heavy atom. The molecule has 184 valence electrons. The van der Waals surface area contributed by atoms with Crippen molar-refractivity contribution in [2.45, 2.75) is 134 Å². The molecule has 0 aliphatic carbocycles. The summed E-state index contributed by atoms with van der Waals surface area (Å²) in [5.74, 6) is -2.59. The quantitative estimate of drug-likeness (QED) is 0.177. The largest absolute Gasteiger partial charge is 0.427 e. The third kappa shape index (κ3) is 10.6. The fourth-order valence-electron chi connectivity index (χ4n) is 4.14. The lowest BCUT2D eigenvalue weighted by Crippen LogP contribution is -2.49. The molecule has 31 heavy (non-hydrogen) atoms. The smallest absolute Gasteiger partial charge is 0.308 e. The van der Waals surface area contributed by atoms with Crippen molar-refractivity contribution in [3.8, 4) is 0 Å². The normalized spacial score (nSPS) is 25.8. The second kappa shape index (κ2) is 16.8. The molecular weight excluding hydrogens is 400 g/mol. The number of hydrogen-bond donors (Lipinski definition) is 4. The summed E-state index contributed by atoms with van der Waals surface area (Å²) in [7, 11) is 0. The van der Waals surface area contributed by atoms with Gasteiger partial charge in [0.1, 0.15) is 18.8 Å². The maximum absolute atomic E-state index is 12.1. The average molecular weight is 447 g/mol. The molecule has 0 spiro atoms. The molecular formula is C24H46O7. The van der Waals surface area contributed by atoms with Crippen LogP contribution in [0.1, 0.15) is 110 Å². The lowest BCUT2D eigenvalue weighted by molar-refractivity contribution is -0.264. The summed E-state index contributed by atoms with van der Waals surface area (Å²) in [6, 6.07) is 0. The molecule has 1 heterocycles.